The smallest absolute Gasteiger partial charge is 0.340 e. The van der Waals surface area contributed by atoms with Gasteiger partial charge in [-0.25, -0.2) is 0 Å². The SMILES string of the molecule is C=C1CC=CC2=C1C(C)(C)[C@@]1(C)[N+](C(C)C)=C(C(C)C)O[C@@]21C. The molecule has 0 radical (unpaired) electrons. The Morgan fingerprint density at radius 2 is 1.74 bits per heavy atom. The zero-order chi connectivity index (χ0) is 17.4. The fourth-order valence-corrected chi connectivity index (χ4v) is 5.30. The molecule has 2 nitrogen and oxygen atoms in total. The first-order valence-electron chi connectivity index (χ1n) is 8.95. The topological polar surface area (TPSA) is 12.2 Å². The predicted octanol–water partition coefficient (Wildman–Crippen LogP) is 4.86. The van der Waals surface area contributed by atoms with Crippen molar-refractivity contribution in [3.05, 3.63) is 35.5 Å². The van der Waals surface area contributed by atoms with E-state index >= 15 is 0 Å². The molecule has 0 saturated heterocycles. The average molecular weight is 314 g/mol. The van der Waals surface area contributed by atoms with Gasteiger partial charge in [0.25, 0.3) is 0 Å². The Kier molecular flexibility index (Phi) is 3.32. The number of hydrogen-bond donors (Lipinski definition) is 0. The molecule has 3 aliphatic rings. The minimum absolute atomic E-state index is 0.0141. The maximum absolute atomic E-state index is 6.76. The highest BCUT2D eigenvalue weighted by Gasteiger charge is 2.76. The molecule has 2 heteroatoms. The zero-order valence-corrected chi connectivity index (χ0v) is 16.1. The van der Waals surface area contributed by atoms with Gasteiger partial charge in [0.2, 0.25) is 11.1 Å². The number of ether oxygens (including phenoxy) is 1. The summed E-state index contributed by atoms with van der Waals surface area (Å²) in [7, 11) is 0. The van der Waals surface area contributed by atoms with E-state index in [0.29, 0.717) is 12.0 Å². The van der Waals surface area contributed by atoms with Crippen molar-refractivity contribution in [2.75, 3.05) is 0 Å². The Morgan fingerprint density at radius 1 is 1.13 bits per heavy atom. The fraction of sp³-hybridized carbons (Fsp3) is 0.667. The normalized spacial score (nSPS) is 35.3. The summed E-state index contributed by atoms with van der Waals surface area (Å²) in [5.74, 6) is 1.52. The molecule has 0 aromatic rings. The molecule has 0 bridgehead atoms. The van der Waals surface area contributed by atoms with Gasteiger partial charge in [-0.1, -0.05) is 18.7 Å². The Hall–Kier alpha value is -1.31. The van der Waals surface area contributed by atoms with Gasteiger partial charge in [-0.15, -0.1) is 0 Å². The van der Waals surface area contributed by atoms with E-state index < -0.39 is 0 Å². The van der Waals surface area contributed by atoms with E-state index in [0.717, 1.165) is 12.3 Å². The minimum atomic E-state index is -0.324. The Balaban J connectivity index is 2.32. The number of nitrogens with zero attached hydrogens (tertiary/aromatic N) is 1. The van der Waals surface area contributed by atoms with Gasteiger partial charge < -0.3 is 4.74 Å². The number of hydrogen-bond acceptors (Lipinski definition) is 1. The van der Waals surface area contributed by atoms with Crippen molar-refractivity contribution < 1.29 is 9.31 Å². The monoisotopic (exact) mass is 314 g/mol. The van der Waals surface area contributed by atoms with Gasteiger partial charge in [-0.3, -0.25) is 0 Å². The second-order valence-electron chi connectivity index (χ2n) is 8.79. The molecular weight excluding hydrogens is 282 g/mol. The number of fused-ring (bicyclic) bond motifs is 2. The number of rotatable bonds is 2. The van der Waals surface area contributed by atoms with Crippen LogP contribution in [0.3, 0.4) is 0 Å². The van der Waals surface area contributed by atoms with E-state index in [1.165, 1.54) is 16.7 Å². The lowest BCUT2D eigenvalue weighted by Crippen LogP contribution is -2.60. The van der Waals surface area contributed by atoms with Crippen LogP contribution in [0.2, 0.25) is 0 Å². The fourth-order valence-electron chi connectivity index (χ4n) is 5.30. The summed E-state index contributed by atoms with van der Waals surface area (Å²) >= 11 is 0. The predicted molar refractivity (Wildman–Crippen MR) is 96.8 cm³/mol. The van der Waals surface area contributed by atoms with Gasteiger partial charge in [-0.05, 0) is 66.0 Å². The Morgan fingerprint density at radius 3 is 2.26 bits per heavy atom. The standard InChI is InChI=1S/C21H32NO/c1-13(2)18-22(14(3)4)21(9)19(6,7)17-15(5)11-10-12-16(17)20(21,8)23-18/h10,12-14H,5,11H2,1-4,6-9H3/q+1/t20-,21+/m0/s1. The first kappa shape index (κ1) is 16.5. The maximum atomic E-state index is 6.76. The highest BCUT2D eigenvalue weighted by molar-refractivity contribution is 5.78. The van der Waals surface area contributed by atoms with Crippen molar-refractivity contribution in [2.24, 2.45) is 11.3 Å². The van der Waals surface area contributed by atoms with Crippen molar-refractivity contribution in [3.8, 4) is 0 Å². The molecule has 126 valence electrons. The van der Waals surface area contributed by atoms with Crippen LogP contribution in [0.25, 0.3) is 0 Å². The highest BCUT2D eigenvalue weighted by atomic mass is 16.5. The molecule has 0 fully saturated rings. The summed E-state index contributed by atoms with van der Waals surface area (Å²) in [6.45, 7) is 22.8. The first-order valence-corrected chi connectivity index (χ1v) is 8.95. The van der Waals surface area contributed by atoms with Crippen LogP contribution in [-0.4, -0.2) is 27.7 Å². The van der Waals surface area contributed by atoms with E-state index in [2.05, 4.69) is 78.7 Å². The van der Waals surface area contributed by atoms with Gasteiger partial charge in [-0.2, -0.15) is 4.58 Å². The second-order valence-corrected chi connectivity index (χ2v) is 8.79. The first-order chi connectivity index (χ1) is 10.5. The van der Waals surface area contributed by atoms with E-state index in [9.17, 15) is 0 Å². The second kappa shape index (κ2) is 4.62. The lowest BCUT2D eigenvalue weighted by atomic mass is 9.66. The summed E-state index contributed by atoms with van der Waals surface area (Å²) in [5, 5.41) is 0. The molecule has 0 aromatic heterocycles. The van der Waals surface area contributed by atoms with E-state index in [4.69, 9.17) is 4.74 Å². The Labute approximate surface area is 141 Å². The van der Waals surface area contributed by atoms with Crippen LogP contribution in [-0.2, 0) is 4.74 Å². The molecule has 2 atom stereocenters. The third-order valence-electron chi connectivity index (χ3n) is 6.59. The molecule has 0 aromatic carbocycles. The molecule has 0 saturated carbocycles. The van der Waals surface area contributed by atoms with Gasteiger partial charge in [0.05, 0.1) is 11.3 Å². The maximum Gasteiger partial charge on any atom is 0.340 e. The van der Waals surface area contributed by atoms with Crippen LogP contribution < -0.4 is 0 Å². The molecule has 1 aliphatic heterocycles. The molecular formula is C21H32NO+. The van der Waals surface area contributed by atoms with Crippen LogP contribution in [0.5, 0.6) is 0 Å². The molecule has 3 rings (SSSR count). The molecule has 1 heterocycles. The quantitative estimate of drug-likeness (QED) is 0.663. The average Bonchev–Trinajstić information content (AvgIpc) is 2.75. The van der Waals surface area contributed by atoms with Crippen molar-refractivity contribution in [3.63, 3.8) is 0 Å². The van der Waals surface area contributed by atoms with Crippen molar-refractivity contribution in [2.45, 2.75) is 79.0 Å². The lowest BCUT2D eigenvalue weighted by Gasteiger charge is -2.40. The van der Waals surface area contributed by atoms with E-state index in [1.54, 1.807) is 0 Å². The van der Waals surface area contributed by atoms with Crippen molar-refractivity contribution in [1.82, 2.24) is 0 Å². The third kappa shape index (κ3) is 1.67. The van der Waals surface area contributed by atoms with Gasteiger partial charge in [0, 0.05) is 12.5 Å². The molecule has 0 unspecified atom stereocenters. The van der Waals surface area contributed by atoms with Crippen LogP contribution in [0.15, 0.2) is 35.5 Å². The summed E-state index contributed by atoms with van der Waals surface area (Å²) in [5.41, 5.74) is 3.55. The highest BCUT2D eigenvalue weighted by Crippen LogP contribution is 2.64. The molecule has 2 aliphatic carbocycles. The Bertz CT molecular complexity index is 674. The van der Waals surface area contributed by atoms with Crippen molar-refractivity contribution >= 4 is 5.90 Å². The minimum Gasteiger partial charge on any atom is -0.429 e. The van der Waals surface area contributed by atoms with Crippen molar-refractivity contribution in [1.29, 1.82) is 0 Å². The van der Waals surface area contributed by atoms with Crippen LogP contribution >= 0.6 is 0 Å². The molecule has 0 amide bonds. The molecule has 23 heavy (non-hydrogen) atoms. The molecule has 0 N–H and O–H groups in total. The third-order valence-corrected chi connectivity index (χ3v) is 6.59. The van der Waals surface area contributed by atoms with Gasteiger partial charge in [0.1, 0.15) is 0 Å². The van der Waals surface area contributed by atoms with Gasteiger partial charge in [0.15, 0.2) is 6.04 Å². The van der Waals surface area contributed by atoms with Crippen LogP contribution in [0.4, 0.5) is 0 Å². The van der Waals surface area contributed by atoms with E-state index in [-0.39, 0.29) is 16.6 Å². The summed E-state index contributed by atoms with van der Waals surface area (Å²) in [4.78, 5) is 0. The number of allylic oxidation sites excluding steroid dienone is 2. The van der Waals surface area contributed by atoms with Crippen LogP contribution in [0, 0.1) is 11.3 Å². The van der Waals surface area contributed by atoms with Gasteiger partial charge >= 0.3 is 5.90 Å². The largest absolute Gasteiger partial charge is 0.429 e. The zero-order valence-electron chi connectivity index (χ0n) is 16.1. The lowest BCUT2D eigenvalue weighted by molar-refractivity contribution is -0.643. The van der Waals surface area contributed by atoms with Crippen LogP contribution in [0.1, 0.15) is 61.8 Å². The van der Waals surface area contributed by atoms with E-state index in [1.807, 2.05) is 0 Å². The summed E-state index contributed by atoms with van der Waals surface area (Å²) in [6.07, 6.45) is 5.49. The summed E-state index contributed by atoms with van der Waals surface area (Å²) in [6, 6.07) is 0.400. The molecule has 0 spiro atoms. The summed E-state index contributed by atoms with van der Waals surface area (Å²) < 4.78 is 9.31.